The number of aromatic nitrogens is 1. The molecule has 0 fully saturated rings. The molecule has 0 atom stereocenters. The normalized spacial score (nSPS) is 10.2. The van der Waals surface area contributed by atoms with Crippen molar-refractivity contribution in [3.8, 4) is 0 Å². The number of carbonyl (C=O) groups is 1. The van der Waals surface area contributed by atoms with Crippen LogP contribution in [0.25, 0.3) is 0 Å². The third-order valence-electron chi connectivity index (χ3n) is 2.42. The van der Waals surface area contributed by atoms with Gasteiger partial charge in [0.15, 0.2) is 0 Å². The van der Waals surface area contributed by atoms with Crippen LogP contribution in [0.5, 0.6) is 0 Å². The Morgan fingerprint density at radius 3 is 2.95 bits per heavy atom. The number of pyridine rings is 1. The lowest BCUT2D eigenvalue weighted by molar-refractivity contribution is 0.0946. The lowest BCUT2D eigenvalue weighted by Crippen LogP contribution is -2.24. The predicted molar refractivity (Wildman–Crippen MR) is 78.9 cm³/mol. The van der Waals surface area contributed by atoms with Crippen molar-refractivity contribution in [1.82, 2.24) is 10.3 Å². The van der Waals surface area contributed by atoms with Crippen LogP contribution >= 0.6 is 22.9 Å². The highest BCUT2D eigenvalue weighted by molar-refractivity contribution is 7.09. The Morgan fingerprint density at radius 1 is 1.42 bits per heavy atom. The number of anilines is 1. The van der Waals surface area contributed by atoms with Crippen LogP contribution in [0.2, 0.25) is 5.02 Å². The second kappa shape index (κ2) is 6.54. The first kappa shape index (κ1) is 13.8. The largest absolute Gasteiger partial charge is 0.370 e. The Morgan fingerprint density at radius 2 is 2.26 bits per heavy atom. The molecule has 4 nitrogen and oxygen atoms in total. The first-order chi connectivity index (χ1) is 9.20. The first-order valence-corrected chi connectivity index (χ1v) is 7.17. The topological polar surface area (TPSA) is 54.0 Å². The molecule has 0 saturated carbocycles. The fourth-order valence-electron chi connectivity index (χ4n) is 1.55. The number of halogens is 1. The molecule has 6 heteroatoms. The molecule has 0 bridgehead atoms. The number of hydrogen-bond donors (Lipinski definition) is 2. The van der Waals surface area contributed by atoms with E-state index < -0.39 is 0 Å². The van der Waals surface area contributed by atoms with Gasteiger partial charge in [-0.1, -0.05) is 17.7 Å². The number of nitrogens with zero attached hydrogens (tertiary/aromatic N) is 1. The first-order valence-electron chi connectivity index (χ1n) is 5.91. The van der Waals surface area contributed by atoms with Crippen LogP contribution in [-0.2, 0) is 6.54 Å². The van der Waals surface area contributed by atoms with Crippen LogP contribution in [0.1, 0.15) is 22.3 Å². The molecule has 2 rings (SSSR count). The molecule has 2 aromatic heterocycles. The van der Waals surface area contributed by atoms with Gasteiger partial charge in [0, 0.05) is 11.4 Å². The van der Waals surface area contributed by atoms with E-state index >= 15 is 0 Å². The molecule has 0 aliphatic heterocycles. The van der Waals surface area contributed by atoms with E-state index in [1.165, 1.54) is 0 Å². The molecule has 0 saturated heterocycles. The Hall–Kier alpha value is -1.59. The third kappa shape index (κ3) is 3.68. The molecular weight excluding hydrogens is 282 g/mol. The molecular formula is C13H14ClN3OS. The van der Waals surface area contributed by atoms with Crippen LogP contribution in [0.15, 0.2) is 29.6 Å². The Bertz CT molecular complexity index is 557. The summed E-state index contributed by atoms with van der Waals surface area (Å²) in [7, 11) is 0. The van der Waals surface area contributed by atoms with Crippen molar-refractivity contribution in [2.24, 2.45) is 0 Å². The minimum Gasteiger partial charge on any atom is -0.370 e. The minimum atomic E-state index is -0.266. The molecule has 0 aliphatic rings. The van der Waals surface area contributed by atoms with Gasteiger partial charge >= 0.3 is 0 Å². The second-order valence-electron chi connectivity index (χ2n) is 3.82. The lowest BCUT2D eigenvalue weighted by Gasteiger charge is -2.08. The summed E-state index contributed by atoms with van der Waals surface area (Å²) in [6.07, 6.45) is 0. The molecule has 0 spiro atoms. The lowest BCUT2D eigenvalue weighted by atomic mass is 10.3. The summed E-state index contributed by atoms with van der Waals surface area (Å²) in [4.78, 5) is 17.3. The summed E-state index contributed by atoms with van der Waals surface area (Å²) >= 11 is 7.60. The van der Waals surface area contributed by atoms with Crippen molar-refractivity contribution in [2.75, 3.05) is 11.9 Å². The van der Waals surface area contributed by atoms with Gasteiger partial charge in [-0.2, -0.15) is 0 Å². The average Bonchev–Trinajstić information content (AvgIpc) is 2.92. The van der Waals surface area contributed by atoms with Crippen molar-refractivity contribution in [2.45, 2.75) is 13.5 Å². The standard InChI is InChI=1S/C13H14ClN3OS/c1-2-15-11-6-5-10(14)12(17-11)13(18)16-8-9-4-3-7-19-9/h3-7H,2,8H2,1H3,(H,15,17)(H,16,18). The highest BCUT2D eigenvalue weighted by atomic mass is 35.5. The maximum absolute atomic E-state index is 12.0. The second-order valence-corrected chi connectivity index (χ2v) is 5.26. The van der Waals surface area contributed by atoms with Crippen LogP contribution in [0.4, 0.5) is 5.82 Å². The molecule has 2 aromatic rings. The number of carbonyl (C=O) groups excluding carboxylic acids is 1. The Kier molecular flexibility index (Phi) is 4.76. The molecule has 0 aromatic carbocycles. The highest BCUT2D eigenvalue weighted by Gasteiger charge is 2.13. The van der Waals surface area contributed by atoms with E-state index in [1.54, 1.807) is 23.5 Å². The number of rotatable bonds is 5. The highest BCUT2D eigenvalue weighted by Crippen LogP contribution is 2.17. The SMILES string of the molecule is CCNc1ccc(Cl)c(C(=O)NCc2cccs2)n1. The maximum Gasteiger partial charge on any atom is 0.271 e. The van der Waals surface area contributed by atoms with E-state index in [0.29, 0.717) is 17.4 Å². The van der Waals surface area contributed by atoms with Crippen LogP contribution in [-0.4, -0.2) is 17.4 Å². The van der Waals surface area contributed by atoms with Gasteiger partial charge in [-0.25, -0.2) is 4.98 Å². The fourth-order valence-corrected chi connectivity index (χ4v) is 2.38. The van der Waals surface area contributed by atoms with Crippen LogP contribution in [0.3, 0.4) is 0 Å². The van der Waals surface area contributed by atoms with Crippen LogP contribution in [0, 0.1) is 0 Å². The van der Waals surface area contributed by atoms with Gasteiger partial charge in [0.1, 0.15) is 11.5 Å². The van der Waals surface area contributed by atoms with Gasteiger partial charge in [0.25, 0.3) is 5.91 Å². The molecule has 0 radical (unpaired) electrons. The van der Waals surface area contributed by atoms with E-state index in [1.807, 2.05) is 24.4 Å². The van der Waals surface area contributed by atoms with Gasteiger partial charge in [-0.05, 0) is 30.5 Å². The number of hydrogen-bond acceptors (Lipinski definition) is 4. The van der Waals surface area contributed by atoms with Gasteiger partial charge in [0.2, 0.25) is 0 Å². The number of thiophene rings is 1. The third-order valence-corrected chi connectivity index (χ3v) is 3.60. The van der Waals surface area contributed by atoms with Gasteiger partial charge < -0.3 is 10.6 Å². The molecule has 1 amide bonds. The quantitative estimate of drug-likeness (QED) is 0.891. The monoisotopic (exact) mass is 295 g/mol. The van der Waals surface area contributed by atoms with E-state index in [0.717, 1.165) is 11.4 Å². The maximum atomic E-state index is 12.0. The van der Waals surface area contributed by atoms with E-state index in [-0.39, 0.29) is 11.6 Å². The molecule has 19 heavy (non-hydrogen) atoms. The summed E-state index contributed by atoms with van der Waals surface area (Å²) < 4.78 is 0. The van der Waals surface area contributed by atoms with E-state index in [9.17, 15) is 4.79 Å². The predicted octanol–water partition coefficient (Wildman–Crippen LogP) is 3.16. The van der Waals surface area contributed by atoms with Crippen molar-refractivity contribution in [3.63, 3.8) is 0 Å². The molecule has 0 unspecified atom stereocenters. The average molecular weight is 296 g/mol. The van der Waals surface area contributed by atoms with Gasteiger partial charge in [0.05, 0.1) is 11.6 Å². The van der Waals surface area contributed by atoms with Crippen molar-refractivity contribution >= 4 is 34.7 Å². The zero-order valence-electron chi connectivity index (χ0n) is 10.4. The Labute approximate surface area is 120 Å². The summed E-state index contributed by atoms with van der Waals surface area (Å²) in [5, 5.41) is 8.18. The van der Waals surface area contributed by atoms with E-state index in [2.05, 4.69) is 15.6 Å². The summed E-state index contributed by atoms with van der Waals surface area (Å²) in [5.41, 5.74) is 0.247. The molecule has 2 heterocycles. The summed E-state index contributed by atoms with van der Waals surface area (Å²) in [6, 6.07) is 7.34. The van der Waals surface area contributed by atoms with Crippen molar-refractivity contribution in [1.29, 1.82) is 0 Å². The van der Waals surface area contributed by atoms with Gasteiger partial charge in [-0.3, -0.25) is 4.79 Å². The minimum absolute atomic E-state index is 0.247. The molecule has 2 N–H and O–H groups in total. The zero-order chi connectivity index (χ0) is 13.7. The smallest absolute Gasteiger partial charge is 0.271 e. The van der Waals surface area contributed by atoms with E-state index in [4.69, 9.17) is 11.6 Å². The van der Waals surface area contributed by atoms with Crippen molar-refractivity contribution < 1.29 is 4.79 Å². The number of nitrogens with one attached hydrogen (secondary N) is 2. The van der Waals surface area contributed by atoms with Gasteiger partial charge in [-0.15, -0.1) is 11.3 Å². The molecule has 100 valence electrons. The zero-order valence-corrected chi connectivity index (χ0v) is 12.0. The van der Waals surface area contributed by atoms with Crippen molar-refractivity contribution in [3.05, 3.63) is 45.2 Å². The Balaban J connectivity index is 2.07. The summed E-state index contributed by atoms with van der Waals surface area (Å²) in [6.45, 7) is 3.19. The molecule has 0 aliphatic carbocycles. The number of amides is 1. The fraction of sp³-hybridized carbons (Fsp3) is 0.231. The van der Waals surface area contributed by atoms with Crippen LogP contribution < -0.4 is 10.6 Å². The summed E-state index contributed by atoms with van der Waals surface area (Å²) in [5.74, 6) is 0.381.